The van der Waals surface area contributed by atoms with E-state index in [1.807, 2.05) is 6.07 Å². The summed E-state index contributed by atoms with van der Waals surface area (Å²) >= 11 is 0. The van der Waals surface area contributed by atoms with Crippen LogP contribution >= 0.6 is 0 Å². The molecule has 0 radical (unpaired) electrons. The molecule has 1 unspecified atom stereocenters. The summed E-state index contributed by atoms with van der Waals surface area (Å²) in [6, 6.07) is 19.1. The molecule has 0 amide bonds. The second-order valence-electron chi connectivity index (χ2n) is 5.78. The number of hydrogen-bond acceptors (Lipinski definition) is 2. The maximum absolute atomic E-state index is 6.18. The number of imidazole rings is 1. The van der Waals surface area contributed by atoms with Gasteiger partial charge in [-0.1, -0.05) is 49.4 Å². The highest BCUT2D eigenvalue weighted by Crippen LogP contribution is 2.18. The van der Waals surface area contributed by atoms with E-state index in [2.05, 4.69) is 60.0 Å². The predicted octanol–water partition coefficient (Wildman–Crippen LogP) is 3.56. The Kier molecular flexibility index (Phi) is 4.54. The van der Waals surface area contributed by atoms with Gasteiger partial charge in [0, 0.05) is 19.0 Å². The minimum absolute atomic E-state index is 0.174. The highest BCUT2D eigenvalue weighted by atomic mass is 15.1. The van der Waals surface area contributed by atoms with Crippen LogP contribution < -0.4 is 5.73 Å². The zero-order chi connectivity index (χ0) is 15.4. The van der Waals surface area contributed by atoms with Crippen molar-refractivity contribution in [3.8, 4) is 0 Å². The summed E-state index contributed by atoms with van der Waals surface area (Å²) in [5, 5.41) is 0. The van der Waals surface area contributed by atoms with Gasteiger partial charge in [-0.05, 0) is 30.5 Å². The molecule has 0 aliphatic heterocycles. The first-order valence-electron chi connectivity index (χ1n) is 8.01. The molecule has 0 spiro atoms. The molecule has 0 saturated carbocycles. The smallest absolute Gasteiger partial charge is 0.110 e. The van der Waals surface area contributed by atoms with Crippen molar-refractivity contribution in [1.82, 2.24) is 9.55 Å². The van der Waals surface area contributed by atoms with E-state index < -0.39 is 0 Å². The summed E-state index contributed by atoms with van der Waals surface area (Å²) in [5.41, 5.74) is 9.78. The summed E-state index contributed by atoms with van der Waals surface area (Å²) in [5.74, 6) is 1.13. The van der Waals surface area contributed by atoms with E-state index in [0.717, 1.165) is 37.1 Å². The Morgan fingerprint density at radius 1 is 1.00 bits per heavy atom. The van der Waals surface area contributed by atoms with Gasteiger partial charge in [-0.2, -0.15) is 0 Å². The van der Waals surface area contributed by atoms with Crippen LogP contribution in [-0.4, -0.2) is 15.6 Å². The third-order valence-electron chi connectivity index (χ3n) is 4.16. The normalized spacial score (nSPS) is 12.6. The second kappa shape index (κ2) is 6.75. The van der Waals surface area contributed by atoms with E-state index in [1.165, 1.54) is 11.1 Å². The number of hydrogen-bond donors (Lipinski definition) is 1. The van der Waals surface area contributed by atoms with E-state index in [0.29, 0.717) is 0 Å². The van der Waals surface area contributed by atoms with Crippen LogP contribution in [0.1, 0.15) is 24.7 Å². The van der Waals surface area contributed by atoms with Crippen molar-refractivity contribution in [2.24, 2.45) is 5.73 Å². The van der Waals surface area contributed by atoms with Crippen LogP contribution in [0.25, 0.3) is 11.0 Å². The molecule has 114 valence electrons. The predicted molar refractivity (Wildman–Crippen MR) is 91.8 cm³/mol. The van der Waals surface area contributed by atoms with Gasteiger partial charge in [0.15, 0.2) is 0 Å². The third kappa shape index (κ3) is 3.20. The van der Waals surface area contributed by atoms with Gasteiger partial charge >= 0.3 is 0 Å². The van der Waals surface area contributed by atoms with Gasteiger partial charge in [-0.15, -0.1) is 0 Å². The molecule has 0 bridgehead atoms. The molecular formula is C19H23N3. The van der Waals surface area contributed by atoms with Crippen molar-refractivity contribution in [3.63, 3.8) is 0 Å². The number of fused-ring (bicyclic) bond motifs is 1. The molecule has 0 fully saturated rings. The van der Waals surface area contributed by atoms with E-state index in [-0.39, 0.29) is 6.04 Å². The number of rotatable bonds is 6. The maximum Gasteiger partial charge on any atom is 0.110 e. The lowest BCUT2D eigenvalue weighted by Gasteiger charge is -2.14. The quantitative estimate of drug-likeness (QED) is 0.755. The Bertz CT molecular complexity index is 731. The molecule has 22 heavy (non-hydrogen) atoms. The fourth-order valence-electron chi connectivity index (χ4n) is 2.78. The van der Waals surface area contributed by atoms with Gasteiger partial charge in [0.25, 0.3) is 0 Å². The highest BCUT2D eigenvalue weighted by molar-refractivity contribution is 5.75. The van der Waals surface area contributed by atoms with Gasteiger partial charge in [-0.25, -0.2) is 4.98 Å². The van der Waals surface area contributed by atoms with Crippen molar-refractivity contribution >= 4 is 11.0 Å². The molecule has 0 aliphatic rings. The highest BCUT2D eigenvalue weighted by Gasteiger charge is 2.12. The lowest BCUT2D eigenvalue weighted by Crippen LogP contribution is -2.26. The monoisotopic (exact) mass is 293 g/mol. The van der Waals surface area contributed by atoms with Gasteiger partial charge in [0.2, 0.25) is 0 Å². The first-order valence-corrected chi connectivity index (χ1v) is 8.01. The number of benzene rings is 2. The Balaban J connectivity index is 1.88. The molecule has 0 aliphatic carbocycles. The molecule has 1 aromatic heterocycles. The van der Waals surface area contributed by atoms with Crippen LogP contribution in [0.4, 0.5) is 0 Å². The van der Waals surface area contributed by atoms with E-state index in [1.54, 1.807) is 0 Å². The zero-order valence-corrected chi connectivity index (χ0v) is 13.1. The average Bonchev–Trinajstić information content (AvgIpc) is 2.91. The number of nitrogens with two attached hydrogens (primary N) is 1. The molecule has 3 rings (SSSR count). The summed E-state index contributed by atoms with van der Waals surface area (Å²) in [6.07, 6.45) is 2.92. The standard InChI is InChI=1S/C19H23N3/c1-2-16(20)14-22-18-11-7-6-10-17(18)21-19(22)13-12-15-8-4-3-5-9-15/h3-11,16H,2,12-14,20H2,1H3. The lowest BCUT2D eigenvalue weighted by atomic mass is 10.1. The fraction of sp³-hybridized carbons (Fsp3) is 0.316. The van der Waals surface area contributed by atoms with Crippen molar-refractivity contribution in [3.05, 3.63) is 66.0 Å². The summed E-state index contributed by atoms with van der Waals surface area (Å²) in [7, 11) is 0. The van der Waals surface area contributed by atoms with Crippen molar-refractivity contribution in [2.75, 3.05) is 0 Å². The fourth-order valence-corrected chi connectivity index (χ4v) is 2.78. The molecule has 3 nitrogen and oxygen atoms in total. The Morgan fingerprint density at radius 2 is 1.73 bits per heavy atom. The molecule has 2 aromatic carbocycles. The minimum Gasteiger partial charge on any atom is -0.326 e. The Labute approximate surface area is 131 Å². The molecular weight excluding hydrogens is 270 g/mol. The van der Waals surface area contributed by atoms with Gasteiger partial charge < -0.3 is 10.3 Å². The SMILES string of the molecule is CCC(N)Cn1c(CCc2ccccc2)nc2ccccc21. The Morgan fingerprint density at radius 3 is 2.50 bits per heavy atom. The third-order valence-corrected chi connectivity index (χ3v) is 4.16. The minimum atomic E-state index is 0.174. The molecule has 1 heterocycles. The molecule has 0 saturated heterocycles. The molecule has 2 N–H and O–H groups in total. The summed E-state index contributed by atoms with van der Waals surface area (Å²) in [6.45, 7) is 2.97. The number of nitrogens with zero attached hydrogens (tertiary/aromatic N) is 2. The van der Waals surface area contributed by atoms with Crippen molar-refractivity contribution in [1.29, 1.82) is 0 Å². The molecule has 3 aromatic rings. The van der Waals surface area contributed by atoms with E-state index in [9.17, 15) is 0 Å². The maximum atomic E-state index is 6.18. The lowest BCUT2D eigenvalue weighted by molar-refractivity contribution is 0.531. The van der Waals surface area contributed by atoms with Crippen molar-refractivity contribution in [2.45, 2.75) is 38.8 Å². The summed E-state index contributed by atoms with van der Waals surface area (Å²) < 4.78 is 2.30. The largest absolute Gasteiger partial charge is 0.326 e. The topological polar surface area (TPSA) is 43.8 Å². The average molecular weight is 293 g/mol. The van der Waals surface area contributed by atoms with Gasteiger partial charge in [-0.3, -0.25) is 0 Å². The zero-order valence-electron chi connectivity index (χ0n) is 13.1. The summed E-state index contributed by atoms with van der Waals surface area (Å²) in [4.78, 5) is 4.82. The molecule has 3 heteroatoms. The molecule has 1 atom stereocenters. The van der Waals surface area contributed by atoms with E-state index >= 15 is 0 Å². The van der Waals surface area contributed by atoms with Crippen LogP contribution in [0.5, 0.6) is 0 Å². The van der Waals surface area contributed by atoms with Gasteiger partial charge in [0.1, 0.15) is 5.82 Å². The first-order chi connectivity index (χ1) is 10.8. The first kappa shape index (κ1) is 14.8. The second-order valence-corrected chi connectivity index (χ2v) is 5.78. The van der Waals surface area contributed by atoms with Crippen molar-refractivity contribution < 1.29 is 0 Å². The Hall–Kier alpha value is -2.13. The van der Waals surface area contributed by atoms with Crippen LogP contribution in [0.2, 0.25) is 0 Å². The van der Waals surface area contributed by atoms with Crippen LogP contribution in [-0.2, 0) is 19.4 Å². The number of para-hydroxylation sites is 2. The van der Waals surface area contributed by atoms with Gasteiger partial charge in [0.05, 0.1) is 11.0 Å². The van der Waals surface area contributed by atoms with Crippen LogP contribution in [0.15, 0.2) is 54.6 Å². The number of aromatic nitrogens is 2. The van der Waals surface area contributed by atoms with E-state index in [4.69, 9.17) is 10.7 Å². The number of aryl methyl sites for hydroxylation is 2. The van der Waals surface area contributed by atoms with Crippen LogP contribution in [0.3, 0.4) is 0 Å². The van der Waals surface area contributed by atoms with Crippen LogP contribution in [0, 0.1) is 0 Å².